The number of aromatic nitrogens is 5. The van der Waals surface area contributed by atoms with Gasteiger partial charge in [0.1, 0.15) is 17.1 Å². The molecule has 8 nitrogen and oxygen atoms in total. The van der Waals surface area contributed by atoms with E-state index >= 15 is 0 Å². The van der Waals surface area contributed by atoms with Gasteiger partial charge in [-0.3, -0.25) is 9.59 Å². The van der Waals surface area contributed by atoms with Crippen molar-refractivity contribution < 1.29 is 4.74 Å². The fourth-order valence-corrected chi connectivity index (χ4v) is 5.33. The van der Waals surface area contributed by atoms with Gasteiger partial charge in [0, 0.05) is 23.7 Å². The molecule has 0 radical (unpaired) electrons. The van der Waals surface area contributed by atoms with E-state index in [-0.39, 0.29) is 16.2 Å². The van der Waals surface area contributed by atoms with Crippen LogP contribution in [0.1, 0.15) is 22.4 Å². The molecule has 0 atom stereocenters. The minimum Gasteiger partial charge on any atom is -0.496 e. The molecule has 0 amide bonds. The maximum atomic E-state index is 13.4. The lowest BCUT2D eigenvalue weighted by molar-refractivity contribution is 0.412. The van der Waals surface area contributed by atoms with Crippen LogP contribution in [0.3, 0.4) is 0 Å². The molecule has 0 N–H and O–H groups in total. The second-order valence-electron chi connectivity index (χ2n) is 9.03. The van der Waals surface area contributed by atoms with E-state index in [1.165, 1.54) is 4.52 Å². The average Bonchev–Trinajstić information content (AvgIpc) is 3.51. The molecule has 0 saturated heterocycles. The smallest absolute Gasteiger partial charge is 0.296 e. The molecule has 0 unspecified atom stereocenters. The monoisotopic (exact) mass is 533 g/mol. The SMILES string of the molecule is COc1ccc(-c2nn(-c3ccccc3)cc2C=c2sc3nc(=O)c(Cc4ccccc4)nn3c2=O)cc1C. The van der Waals surface area contributed by atoms with E-state index in [1.807, 2.05) is 92.0 Å². The topological polar surface area (TPSA) is 91.4 Å². The molecule has 0 bridgehead atoms. The largest absolute Gasteiger partial charge is 0.496 e. The summed E-state index contributed by atoms with van der Waals surface area (Å²) >= 11 is 1.13. The number of rotatable bonds is 6. The molecule has 0 aliphatic rings. The number of para-hydroxylation sites is 1. The first-order valence-corrected chi connectivity index (χ1v) is 13.1. The number of benzene rings is 3. The Morgan fingerprint density at radius 1 is 0.949 bits per heavy atom. The third-order valence-electron chi connectivity index (χ3n) is 6.38. The minimum absolute atomic E-state index is 0.228. The van der Waals surface area contributed by atoms with Crippen LogP contribution >= 0.6 is 11.3 Å². The number of ether oxygens (including phenoxy) is 1. The predicted octanol–water partition coefficient (Wildman–Crippen LogP) is 3.82. The summed E-state index contributed by atoms with van der Waals surface area (Å²) < 4.78 is 8.84. The lowest BCUT2D eigenvalue weighted by atomic mass is 10.0. The fraction of sp³-hybridized carbons (Fsp3) is 0.100. The van der Waals surface area contributed by atoms with Gasteiger partial charge in [-0.2, -0.15) is 19.7 Å². The van der Waals surface area contributed by atoms with Crippen LogP contribution in [0.5, 0.6) is 5.75 Å². The van der Waals surface area contributed by atoms with Crippen molar-refractivity contribution >= 4 is 22.4 Å². The minimum atomic E-state index is -0.432. The van der Waals surface area contributed by atoms with Gasteiger partial charge in [0.25, 0.3) is 11.1 Å². The van der Waals surface area contributed by atoms with Crippen molar-refractivity contribution in [1.29, 1.82) is 0 Å². The van der Waals surface area contributed by atoms with E-state index in [4.69, 9.17) is 9.84 Å². The van der Waals surface area contributed by atoms with E-state index in [9.17, 15) is 9.59 Å². The molecule has 0 saturated carbocycles. The predicted molar refractivity (Wildman–Crippen MR) is 152 cm³/mol. The van der Waals surface area contributed by atoms with E-state index in [0.717, 1.165) is 45.0 Å². The van der Waals surface area contributed by atoms with E-state index in [1.54, 1.807) is 17.9 Å². The Bertz CT molecular complexity index is 1980. The molecule has 0 fully saturated rings. The van der Waals surface area contributed by atoms with Crippen molar-refractivity contribution in [3.63, 3.8) is 0 Å². The van der Waals surface area contributed by atoms with Gasteiger partial charge in [-0.15, -0.1) is 0 Å². The normalized spacial score (nSPS) is 11.8. The zero-order valence-electron chi connectivity index (χ0n) is 21.2. The summed E-state index contributed by atoms with van der Waals surface area (Å²) in [6, 6.07) is 25.1. The van der Waals surface area contributed by atoms with Crippen LogP contribution in [0.25, 0.3) is 28.0 Å². The third-order valence-corrected chi connectivity index (χ3v) is 7.34. The summed E-state index contributed by atoms with van der Waals surface area (Å²) in [5.41, 5.74) is 4.59. The van der Waals surface area contributed by atoms with Crippen molar-refractivity contribution in [2.24, 2.45) is 0 Å². The molecule has 6 rings (SSSR count). The van der Waals surface area contributed by atoms with Crippen LogP contribution in [-0.2, 0) is 6.42 Å². The first-order valence-electron chi connectivity index (χ1n) is 12.3. The number of aryl methyl sites for hydroxylation is 1. The Kier molecular flexibility index (Phi) is 6.34. The van der Waals surface area contributed by atoms with Gasteiger partial charge in [-0.05, 0) is 54.5 Å². The van der Waals surface area contributed by atoms with Crippen molar-refractivity contribution in [2.45, 2.75) is 13.3 Å². The molecule has 6 aromatic rings. The van der Waals surface area contributed by atoms with E-state index in [0.29, 0.717) is 16.6 Å². The first-order chi connectivity index (χ1) is 19.0. The quantitative estimate of drug-likeness (QED) is 0.323. The highest BCUT2D eigenvalue weighted by Crippen LogP contribution is 2.29. The number of fused-ring (bicyclic) bond motifs is 1. The second-order valence-corrected chi connectivity index (χ2v) is 10.0. The maximum Gasteiger partial charge on any atom is 0.296 e. The second kappa shape index (κ2) is 10.1. The van der Waals surface area contributed by atoms with Gasteiger partial charge >= 0.3 is 0 Å². The molecule has 3 aromatic heterocycles. The molecule has 192 valence electrons. The number of methoxy groups -OCH3 is 1. The van der Waals surface area contributed by atoms with Gasteiger partial charge < -0.3 is 4.74 Å². The molecule has 0 aliphatic carbocycles. The highest BCUT2D eigenvalue weighted by molar-refractivity contribution is 7.15. The van der Waals surface area contributed by atoms with Crippen molar-refractivity contribution in [1.82, 2.24) is 24.4 Å². The van der Waals surface area contributed by atoms with E-state index in [2.05, 4.69) is 10.1 Å². The zero-order chi connectivity index (χ0) is 26.9. The van der Waals surface area contributed by atoms with Gasteiger partial charge in [0.05, 0.1) is 17.3 Å². The van der Waals surface area contributed by atoms with Crippen LogP contribution in [0.2, 0.25) is 0 Å². The first kappa shape index (κ1) is 24.4. The summed E-state index contributed by atoms with van der Waals surface area (Å²) in [6.45, 7) is 1.98. The van der Waals surface area contributed by atoms with Crippen LogP contribution in [0.4, 0.5) is 0 Å². The molecular weight excluding hydrogens is 510 g/mol. The number of nitrogens with zero attached hydrogens (tertiary/aromatic N) is 5. The molecule has 0 aliphatic heterocycles. The van der Waals surface area contributed by atoms with Gasteiger partial charge in [0.2, 0.25) is 4.96 Å². The number of thiazole rings is 1. The maximum absolute atomic E-state index is 13.4. The third kappa shape index (κ3) is 4.75. The molecular formula is C30H23N5O3S. The highest BCUT2D eigenvalue weighted by atomic mass is 32.1. The van der Waals surface area contributed by atoms with Gasteiger partial charge in [0.15, 0.2) is 0 Å². The van der Waals surface area contributed by atoms with Gasteiger partial charge in [-0.25, -0.2) is 4.68 Å². The molecule has 9 heteroatoms. The standard InChI is InChI=1S/C30H23N5O3S/c1-19-15-21(13-14-25(19)38-2)27-22(18-34(33-27)23-11-7-4-8-12-23)17-26-29(37)35-30(39-26)31-28(36)24(32-35)16-20-9-5-3-6-10-20/h3-15,17-18H,16H2,1-2H3. The Labute approximate surface area is 227 Å². The molecule has 3 heterocycles. The Morgan fingerprint density at radius 2 is 1.69 bits per heavy atom. The average molecular weight is 534 g/mol. The highest BCUT2D eigenvalue weighted by Gasteiger charge is 2.15. The lowest BCUT2D eigenvalue weighted by Crippen LogP contribution is -2.28. The summed E-state index contributed by atoms with van der Waals surface area (Å²) in [4.78, 5) is 30.5. The van der Waals surface area contributed by atoms with Crippen LogP contribution < -0.4 is 20.4 Å². The summed E-state index contributed by atoms with van der Waals surface area (Å²) in [7, 11) is 1.64. The van der Waals surface area contributed by atoms with Crippen molar-refractivity contribution in [3.8, 4) is 22.7 Å². The molecule has 39 heavy (non-hydrogen) atoms. The zero-order valence-corrected chi connectivity index (χ0v) is 22.1. The number of hydrogen-bond donors (Lipinski definition) is 0. The molecule has 0 spiro atoms. The molecule has 3 aromatic carbocycles. The number of hydrogen-bond acceptors (Lipinski definition) is 7. The van der Waals surface area contributed by atoms with Gasteiger partial charge in [-0.1, -0.05) is 59.9 Å². The Hall–Kier alpha value is -4.89. The summed E-state index contributed by atoms with van der Waals surface area (Å²) in [6.07, 6.45) is 3.97. The fourth-order valence-electron chi connectivity index (χ4n) is 4.44. The lowest BCUT2D eigenvalue weighted by Gasteiger charge is -2.06. The van der Waals surface area contributed by atoms with Crippen molar-refractivity contribution in [3.05, 3.63) is 133 Å². The van der Waals surface area contributed by atoms with Crippen LogP contribution in [0, 0.1) is 6.92 Å². The Morgan fingerprint density at radius 3 is 2.41 bits per heavy atom. The van der Waals surface area contributed by atoms with Crippen LogP contribution in [0.15, 0.2) is 94.6 Å². The van der Waals surface area contributed by atoms with E-state index < -0.39 is 5.56 Å². The summed E-state index contributed by atoms with van der Waals surface area (Å²) in [5.74, 6) is 0.784. The van der Waals surface area contributed by atoms with Crippen LogP contribution in [-0.4, -0.2) is 31.5 Å². The van der Waals surface area contributed by atoms with Crippen molar-refractivity contribution in [2.75, 3.05) is 7.11 Å². The summed E-state index contributed by atoms with van der Waals surface area (Å²) in [5, 5.41) is 9.24. The Balaban J connectivity index is 1.50.